The highest BCUT2D eigenvalue weighted by atomic mass is 127. The number of hydrogen-bond donors (Lipinski definition) is 2. The molecule has 3 N–H and O–H groups in total. The van der Waals surface area contributed by atoms with Crippen molar-refractivity contribution in [3.05, 3.63) is 53.1 Å². The van der Waals surface area contributed by atoms with Crippen molar-refractivity contribution in [3.63, 3.8) is 0 Å². The molecule has 0 bridgehead atoms. The highest BCUT2D eigenvalue weighted by Crippen LogP contribution is 2.15. The molecule has 0 radical (unpaired) electrons. The molecule has 0 saturated heterocycles. The van der Waals surface area contributed by atoms with Gasteiger partial charge in [0.1, 0.15) is 18.1 Å². The number of aliphatic imine (C=N–C) groups is 1. The van der Waals surface area contributed by atoms with Crippen LogP contribution in [0.25, 0.3) is 0 Å². The third-order valence-corrected chi connectivity index (χ3v) is 2.84. The first-order valence-electron chi connectivity index (χ1n) is 6.69. The number of rotatable bonds is 4. The number of alkyl halides is 2. The summed E-state index contributed by atoms with van der Waals surface area (Å²) in [7, 11) is 0. The van der Waals surface area contributed by atoms with Crippen LogP contribution in [0.5, 0.6) is 0 Å². The van der Waals surface area contributed by atoms with Gasteiger partial charge in [0.2, 0.25) is 0 Å². The summed E-state index contributed by atoms with van der Waals surface area (Å²) >= 11 is 0. The van der Waals surface area contributed by atoms with E-state index in [9.17, 15) is 8.78 Å². The molecular formula is C15H18F2IN5. The second kappa shape index (κ2) is 8.70. The Labute approximate surface area is 150 Å². The van der Waals surface area contributed by atoms with E-state index in [1.165, 1.54) is 12.3 Å². The van der Waals surface area contributed by atoms with Crippen LogP contribution >= 0.6 is 24.0 Å². The van der Waals surface area contributed by atoms with Gasteiger partial charge in [-0.1, -0.05) is 6.07 Å². The Balaban J connectivity index is 0.00000264. The molecule has 0 aliphatic carbocycles. The minimum absolute atomic E-state index is 0. The predicted molar refractivity (Wildman–Crippen MR) is 97.3 cm³/mol. The van der Waals surface area contributed by atoms with Gasteiger partial charge < -0.3 is 11.1 Å². The molecule has 5 nitrogen and oxygen atoms in total. The minimum atomic E-state index is -2.63. The predicted octanol–water partition coefficient (Wildman–Crippen LogP) is 3.58. The van der Waals surface area contributed by atoms with E-state index in [1.807, 2.05) is 32.0 Å². The van der Waals surface area contributed by atoms with Crippen LogP contribution in [0.4, 0.5) is 14.5 Å². The number of hydrogen-bond acceptors (Lipinski definition) is 3. The lowest BCUT2D eigenvalue weighted by atomic mass is 10.1. The smallest absolute Gasteiger partial charge is 0.280 e. The van der Waals surface area contributed by atoms with E-state index < -0.39 is 6.43 Å². The first-order chi connectivity index (χ1) is 10.4. The van der Waals surface area contributed by atoms with Gasteiger partial charge in [-0.2, -0.15) is 0 Å². The van der Waals surface area contributed by atoms with Crippen molar-refractivity contribution in [1.82, 2.24) is 9.97 Å². The van der Waals surface area contributed by atoms with E-state index in [0.717, 1.165) is 16.8 Å². The van der Waals surface area contributed by atoms with E-state index in [-0.39, 0.29) is 48.0 Å². The van der Waals surface area contributed by atoms with Crippen molar-refractivity contribution in [1.29, 1.82) is 0 Å². The maximum Gasteiger partial charge on any atom is 0.280 e. The van der Waals surface area contributed by atoms with Gasteiger partial charge in [0.15, 0.2) is 5.96 Å². The average Bonchev–Trinajstić information content (AvgIpc) is 2.44. The number of benzene rings is 1. The monoisotopic (exact) mass is 433 g/mol. The second-order valence-electron chi connectivity index (χ2n) is 4.90. The zero-order chi connectivity index (χ0) is 16.1. The van der Waals surface area contributed by atoms with Gasteiger partial charge in [-0.25, -0.2) is 23.7 Å². The van der Waals surface area contributed by atoms with Gasteiger partial charge in [0.25, 0.3) is 6.43 Å². The number of guanidine groups is 1. The summed E-state index contributed by atoms with van der Waals surface area (Å²) < 4.78 is 25.1. The number of halogens is 3. The lowest BCUT2D eigenvalue weighted by Crippen LogP contribution is -2.22. The molecule has 1 heterocycles. The molecule has 0 atom stereocenters. The van der Waals surface area contributed by atoms with Crippen molar-refractivity contribution < 1.29 is 8.78 Å². The lowest BCUT2D eigenvalue weighted by molar-refractivity contribution is 0.145. The van der Waals surface area contributed by atoms with Gasteiger partial charge in [-0.3, -0.25) is 0 Å². The SMILES string of the molecule is Cc1cc(C)cc(NC(N)=NCc2nccc(C(F)F)n2)c1.I. The molecule has 0 aliphatic heterocycles. The summed E-state index contributed by atoms with van der Waals surface area (Å²) in [5.74, 6) is 0.374. The van der Waals surface area contributed by atoms with Gasteiger partial charge in [0.05, 0.1) is 0 Å². The maximum absolute atomic E-state index is 12.5. The summed E-state index contributed by atoms with van der Waals surface area (Å²) in [5.41, 5.74) is 8.49. The fourth-order valence-corrected chi connectivity index (χ4v) is 2.00. The largest absolute Gasteiger partial charge is 0.370 e. The molecule has 124 valence electrons. The molecule has 1 aromatic heterocycles. The second-order valence-corrected chi connectivity index (χ2v) is 4.90. The van der Waals surface area contributed by atoms with Crippen LogP contribution in [-0.4, -0.2) is 15.9 Å². The number of aromatic nitrogens is 2. The van der Waals surface area contributed by atoms with Gasteiger partial charge in [-0.05, 0) is 43.2 Å². The Morgan fingerprint density at radius 2 is 1.91 bits per heavy atom. The minimum Gasteiger partial charge on any atom is -0.370 e. The highest BCUT2D eigenvalue weighted by Gasteiger charge is 2.09. The molecule has 2 rings (SSSR count). The fraction of sp³-hybridized carbons (Fsp3) is 0.267. The third kappa shape index (κ3) is 6.05. The van der Waals surface area contributed by atoms with Crippen LogP contribution in [0.2, 0.25) is 0 Å². The van der Waals surface area contributed by atoms with Crippen LogP contribution in [0.1, 0.15) is 29.1 Å². The first-order valence-corrected chi connectivity index (χ1v) is 6.69. The summed E-state index contributed by atoms with van der Waals surface area (Å²) in [5, 5.41) is 2.96. The van der Waals surface area contributed by atoms with Crippen molar-refractivity contribution in [2.75, 3.05) is 5.32 Å². The number of nitrogens with one attached hydrogen (secondary N) is 1. The zero-order valence-electron chi connectivity index (χ0n) is 12.8. The van der Waals surface area contributed by atoms with E-state index in [2.05, 4.69) is 20.3 Å². The summed E-state index contributed by atoms with van der Waals surface area (Å²) in [6, 6.07) is 7.09. The molecule has 23 heavy (non-hydrogen) atoms. The lowest BCUT2D eigenvalue weighted by Gasteiger charge is -2.08. The summed E-state index contributed by atoms with van der Waals surface area (Å²) in [4.78, 5) is 11.7. The van der Waals surface area contributed by atoms with Crippen molar-refractivity contribution in [2.45, 2.75) is 26.8 Å². The number of aryl methyl sites for hydroxylation is 2. The quantitative estimate of drug-likeness (QED) is 0.439. The highest BCUT2D eigenvalue weighted by molar-refractivity contribution is 14.0. The molecule has 0 amide bonds. The Kier molecular flexibility index (Phi) is 7.27. The van der Waals surface area contributed by atoms with E-state index in [0.29, 0.717) is 0 Å². The topological polar surface area (TPSA) is 76.2 Å². The Bertz CT molecular complexity index is 671. The van der Waals surface area contributed by atoms with Crippen LogP contribution in [-0.2, 0) is 6.54 Å². The van der Waals surface area contributed by atoms with E-state index >= 15 is 0 Å². The number of nitrogens with two attached hydrogens (primary N) is 1. The van der Waals surface area contributed by atoms with Crippen molar-refractivity contribution in [3.8, 4) is 0 Å². The Morgan fingerprint density at radius 3 is 2.52 bits per heavy atom. The van der Waals surface area contributed by atoms with Crippen LogP contribution < -0.4 is 11.1 Å². The van der Waals surface area contributed by atoms with Crippen molar-refractivity contribution in [2.24, 2.45) is 10.7 Å². The zero-order valence-corrected chi connectivity index (χ0v) is 15.1. The van der Waals surface area contributed by atoms with Gasteiger partial charge in [-0.15, -0.1) is 24.0 Å². The summed E-state index contributed by atoms with van der Waals surface area (Å²) in [6.07, 6.45) is -1.34. The Morgan fingerprint density at radius 1 is 1.26 bits per heavy atom. The van der Waals surface area contributed by atoms with Crippen LogP contribution in [0, 0.1) is 13.8 Å². The molecule has 0 fully saturated rings. The standard InChI is InChI=1S/C15H17F2N5.HI/c1-9-5-10(2)7-11(6-9)21-15(18)20-8-13-19-4-3-12(22-13)14(16)17;/h3-7,14H,8H2,1-2H3,(H3,18,20,21);1H. The molecular weight excluding hydrogens is 415 g/mol. The molecule has 0 aliphatic rings. The molecule has 2 aromatic rings. The molecule has 0 spiro atoms. The first kappa shape index (κ1) is 19.2. The maximum atomic E-state index is 12.5. The third-order valence-electron chi connectivity index (χ3n) is 2.84. The number of anilines is 1. The molecule has 0 unspecified atom stereocenters. The molecule has 1 aromatic carbocycles. The normalized spacial score (nSPS) is 11.3. The fourth-order valence-electron chi connectivity index (χ4n) is 2.00. The average molecular weight is 433 g/mol. The van der Waals surface area contributed by atoms with E-state index in [1.54, 1.807) is 0 Å². The van der Waals surface area contributed by atoms with Gasteiger partial charge >= 0.3 is 0 Å². The van der Waals surface area contributed by atoms with E-state index in [4.69, 9.17) is 5.73 Å². The van der Waals surface area contributed by atoms with Gasteiger partial charge in [0, 0.05) is 11.9 Å². The number of nitrogens with zero attached hydrogens (tertiary/aromatic N) is 3. The molecule has 0 saturated carbocycles. The summed E-state index contributed by atoms with van der Waals surface area (Å²) in [6.45, 7) is 3.99. The molecule has 8 heteroatoms. The van der Waals surface area contributed by atoms with Crippen LogP contribution in [0.3, 0.4) is 0 Å². The van der Waals surface area contributed by atoms with Crippen molar-refractivity contribution >= 4 is 35.6 Å². The van der Waals surface area contributed by atoms with Crippen LogP contribution in [0.15, 0.2) is 35.5 Å². The Hall–Kier alpha value is -1.84.